The molecule has 0 aliphatic heterocycles. The molecule has 6 nitrogen and oxygen atoms in total. The molecule has 0 bridgehead atoms. The lowest BCUT2D eigenvalue weighted by atomic mass is 10.0. The number of rotatable bonds is 6. The van der Waals surface area contributed by atoms with E-state index in [4.69, 9.17) is 5.73 Å². The summed E-state index contributed by atoms with van der Waals surface area (Å²) in [7, 11) is 1.49. The van der Waals surface area contributed by atoms with E-state index < -0.39 is 0 Å². The smallest absolute Gasteiger partial charge is 0.332 e. The van der Waals surface area contributed by atoms with Gasteiger partial charge in [0.2, 0.25) is 0 Å². The van der Waals surface area contributed by atoms with E-state index in [2.05, 4.69) is 19.2 Å². The average molecular weight is 296 g/mol. The summed E-state index contributed by atoms with van der Waals surface area (Å²) in [5, 5.41) is 3.19. The molecule has 0 aliphatic carbocycles. The fourth-order valence-corrected chi connectivity index (χ4v) is 2.18. The molecule has 1 heterocycles. The van der Waals surface area contributed by atoms with Gasteiger partial charge in [0.05, 0.1) is 0 Å². The van der Waals surface area contributed by atoms with Gasteiger partial charge in [-0.1, -0.05) is 34.1 Å². The van der Waals surface area contributed by atoms with Gasteiger partial charge in [0.25, 0.3) is 5.56 Å². The minimum absolute atomic E-state index is 0.106. The van der Waals surface area contributed by atoms with Crippen molar-refractivity contribution in [3.63, 3.8) is 0 Å². The zero-order chi connectivity index (χ0) is 16.3. The van der Waals surface area contributed by atoms with Crippen LogP contribution in [0.1, 0.15) is 41.0 Å². The molecule has 0 radical (unpaired) electrons. The Morgan fingerprint density at radius 2 is 1.76 bits per heavy atom. The molecule has 0 saturated carbocycles. The Morgan fingerprint density at radius 1 is 1.19 bits per heavy atom. The first-order valence-corrected chi connectivity index (χ1v) is 7.56. The molecule has 0 aliphatic rings. The highest BCUT2D eigenvalue weighted by atomic mass is 16.2. The Bertz CT molecular complexity index is 601. The number of hydrogen-bond acceptors (Lipinski definition) is 4. The van der Waals surface area contributed by atoms with Gasteiger partial charge in [0.15, 0.2) is 0 Å². The second-order valence-corrected chi connectivity index (χ2v) is 6.23. The summed E-state index contributed by atoms with van der Waals surface area (Å²) >= 11 is 0. The summed E-state index contributed by atoms with van der Waals surface area (Å²) in [4.78, 5) is 24.5. The zero-order valence-electron chi connectivity index (χ0n) is 13.9. The van der Waals surface area contributed by atoms with Crippen molar-refractivity contribution in [2.24, 2.45) is 18.9 Å². The van der Waals surface area contributed by atoms with Crippen LogP contribution in [0, 0.1) is 11.8 Å². The van der Waals surface area contributed by atoms with Crippen molar-refractivity contribution < 1.29 is 0 Å². The Balaban J connectivity index is 3.36. The van der Waals surface area contributed by atoms with Gasteiger partial charge in [-0.3, -0.25) is 13.9 Å². The van der Waals surface area contributed by atoms with Crippen molar-refractivity contribution >= 4 is 11.5 Å². The summed E-state index contributed by atoms with van der Waals surface area (Å²) in [5.74, 6) is 0.897. The van der Waals surface area contributed by atoms with Crippen molar-refractivity contribution in [1.29, 1.82) is 0 Å². The highest BCUT2D eigenvalue weighted by molar-refractivity contribution is 5.61. The molecule has 2 atom stereocenters. The summed E-state index contributed by atoms with van der Waals surface area (Å²) in [6.07, 6.45) is 1.00. The monoisotopic (exact) mass is 296 g/mol. The summed E-state index contributed by atoms with van der Waals surface area (Å²) in [6, 6.07) is 0.106. The van der Waals surface area contributed by atoms with Gasteiger partial charge in [-0.25, -0.2) is 4.79 Å². The van der Waals surface area contributed by atoms with Crippen LogP contribution < -0.4 is 22.3 Å². The first-order chi connectivity index (χ1) is 9.70. The molecule has 120 valence electrons. The lowest BCUT2D eigenvalue weighted by molar-refractivity contribution is 0.483. The maximum absolute atomic E-state index is 12.3. The highest BCUT2D eigenvalue weighted by Gasteiger charge is 2.19. The van der Waals surface area contributed by atoms with Crippen molar-refractivity contribution in [1.82, 2.24) is 9.13 Å². The number of nitrogens with one attached hydrogen (secondary N) is 1. The summed E-state index contributed by atoms with van der Waals surface area (Å²) in [6.45, 7) is 10.7. The molecule has 21 heavy (non-hydrogen) atoms. The summed E-state index contributed by atoms with van der Waals surface area (Å²) < 4.78 is 2.59. The van der Waals surface area contributed by atoms with E-state index in [1.54, 1.807) is 0 Å². The molecule has 0 aromatic carbocycles. The van der Waals surface area contributed by atoms with Crippen LogP contribution in [0.25, 0.3) is 0 Å². The topological polar surface area (TPSA) is 82.0 Å². The van der Waals surface area contributed by atoms with Crippen molar-refractivity contribution in [2.75, 3.05) is 11.1 Å². The van der Waals surface area contributed by atoms with Gasteiger partial charge in [0, 0.05) is 19.6 Å². The number of nitrogens with two attached hydrogens (primary N) is 1. The second kappa shape index (κ2) is 6.83. The van der Waals surface area contributed by atoms with Crippen LogP contribution in [0.2, 0.25) is 0 Å². The van der Waals surface area contributed by atoms with E-state index in [0.717, 1.165) is 11.0 Å². The van der Waals surface area contributed by atoms with Gasteiger partial charge in [-0.15, -0.1) is 0 Å². The molecule has 1 aromatic heterocycles. The lowest BCUT2D eigenvalue weighted by Crippen LogP contribution is -2.42. The van der Waals surface area contributed by atoms with Crippen LogP contribution in [-0.2, 0) is 13.6 Å². The predicted octanol–water partition coefficient (Wildman–Crippen LogP) is 1.63. The molecule has 3 N–H and O–H groups in total. The third-order valence-corrected chi connectivity index (χ3v) is 4.00. The molecular formula is C15H28N4O2. The van der Waals surface area contributed by atoms with Crippen molar-refractivity contribution in [3.05, 3.63) is 20.8 Å². The number of nitrogen functional groups attached to an aromatic ring is 1. The largest absolute Gasteiger partial charge is 0.383 e. The van der Waals surface area contributed by atoms with E-state index in [0.29, 0.717) is 18.2 Å². The summed E-state index contributed by atoms with van der Waals surface area (Å²) in [5.41, 5.74) is 5.67. The van der Waals surface area contributed by atoms with Gasteiger partial charge >= 0.3 is 5.69 Å². The van der Waals surface area contributed by atoms with E-state index in [1.807, 2.05) is 20.8 Å². The zero-order valence-corrected chi connectivity index (χ0v) is 13.9. The molecular weight excluding hydrogens is 268 g/mol. The third-order valence-electron chi connectivity index (χ3n) is 4.00. The molecule has 6 heteroatoms. The minimum atomic E-state index is -0.368. The van der Waals surface area contributed by atoms with E-state index in [-0.39, 0.29) is 29.0 Å². The van der Waals surface area contributed by atoms with E-state index >= 15 is 0 Å². The maximum atomic E-state index is 12.3. The van der Waals surface area contributed by atoms with Crippen LogP contribution >= 0.6 is 0 Å². The van der Waals surface area contributed by atoms with Crippen LogP contribution in [0.3, 0.4) is 0 Å². The number of nitrogens with zero attached hydrogens (tertiary/aromatic N) is 2. The normalized spacial score (nSPS) is 14.2. The third kappa shape index (κ3) is 3.68. The van der Waals surface area contributed by atoms with E-state index in [9.17, 15) is 9.59 Å². The number of hydrogen-bond donors (Lipinski definition) is 2. The van der Waals surface area contributed by atoms with E-state index in [1.165, 1.54) is 11.6 Å². The van der Waals surface area contributed by atoms with Crippen LogP contribution in [0.5, 0.6) is 0 Å². The fraction of sp³-hybridized carbons (Fsp3) is 0.733. The maximum Gasteiger partial charge on any atom is 0.332 e. The van der Waals surface area contributed by atoms with Crippen LogP contribution in [0.15, 0.2) is 9.59 Å². The van der Waals surface area contributed by atoms with Gasteiger partial charge in [0.1, 0.15) is 11.5 Å². The number of aromatic nitrogens is 2. The Morgan fingerprint density at radius 3 is 2.24 bits per heavy atom. The molecule has 1 aromatic rings. The first kappa shape index (κ1) is 17.3. The molecule has 0 spiro atoms. The Labute approximate surface area is 126 Å². The SMILES string of the molecule is CCC(C)C(C)Nc1c(N)n(CC(C)C)c(=O)n(C)c1=O. The molecule has 0 amide bonds. The van der Waals surface area contributed by atoms with Gasteiger partial charge < -0.3 is 11.1 Å². The van der Waals surface area contributed by atoms with Gasteiger partial charge in [-0.05, 0) is 18.8 Å². The Kier molecular flexibility index (Phi) is 5.63. The highest BCUT2D eigenvalue weighted by Crippen LogP contribution is 2.17. The average Bonchev–Trinajstić information content (AvgIpc) is 2.44. The first-order valence-electron chi connectivity index (χ1n) is 7.56. The van der Waals surface area contributed by atoms with Gasteiger partial charge in [-0.2, -0.15) is 0 Å². The molecule has 0 saturated heterocycles. The van der Waals surface area contributed by atoms with Crippen LogP contribution in [-0.4, -0.2) is 15.2 Å². The van der Waals surface area contributed by atoms with Crippen LogP contribution in [0.4, 0.5) is 11.5 Å². The molecule has 2 unspecified atom stereocenters. The predicted molar refractivity (Wildman–Crippen MR) is 87.7 cm³/mol. The standard InChI is InChI=1S/C15H28N4O2/c1-7-10(4)11(5)17-12-13(16)19(8-9(2)3)15(21)18(6)14(12)20/h9-11,17H,7-8,16H2,1-6H3. The molecule has 0 fully saturated rings. The lowest BCUT2D eigenvalue weighted by Gasteiger charge is -2.23. The number of anilines is 2. The fourth-order valence-electron chi connectivity index (χ4n) is 2.18. The Hall–Kier alpha value is -1.72. The van der Waals surface area contributed by atoms with Crippen molar-refractivity contribution in [2.45, 2.75) is 53.6 Å². The second-order valence-electron chi connectivity index (χ2n) is 6.23. The minimum Gasteiger partial charge on any atom is -0.383 e. The quantitative estimate of drug-likeness (QED) is 0.836. The molecule has 1 rings (SSSR count). The van der Waals surface area contributed by atoms with Crippen molar-refractivity contribution in [3.8, 4) is 0 Å².